The van der Waals surface area contributed by atoms with Gasteiger partial charge in [0.15, 0.2) is 0 Å². The lowest BCUT2D eigenvalue weighted by Gasteiger charge is -2.21. The zero-order valence-corrected chi connectivity index (χ0v) is 13.8. The minimum absolute atomic E-state index is 0.208. The SMILES string of the molecule is C=C(C)CN(C(=O)c1cccc(C)c1)C(=O)c1cccc(C)c1. The summed E-state index contributed by atoms with van der Waals surface area (Å²) in [5.74, 6) is -0.605. The highest BCUT2D eigenvalue weighted by Crippen LogP contribution is 2.14. The predicted molar refractivity (Wildman–Crippen MR) is 92.5 cm³/mol. The molecule has 0 saturated carbocycles. The molecule has 0 aromatic heterocycles. The summed E-state index contributed by atoms with van der Waals surface area (Å²) in [6.45, 7) is 9.69. The fourth-order valence-corrected chi connectivity index (χ4v) is 2.37. The Morgan fingerprint density at radius 3 is 1.70 bits per heavy atom. The molecule has 2 amide bonds. The molecule has 2 aromatic rings. The number of hydrogen-bond donors (Lipinski definition) is 0. The number of rotatable bonds is 4. The van der Waals surface area contributed by atoms with Gasteiger partial charge >= 0.3 is 0 Å². The predicted octanol–water partition coefficient (Wildman–Crippen LogP) is 4.16. The maximum absolute atomic E-state index is 12.8. The maximum atomic E-state index is 12.8. The van der Waals surface area contributed by atoms with Crippen molar-refractivity contribution in [1.29, 1.82) is 0 Å². The number of amides is 2. The number of nitrogens with zero attached hydrogens (tertiary/aromatic N) is 1. The van der Waals surface area contributed by atoms with E-state index < -0.39 is 0 Å². The molecule has 23 heavy (non-hydrogen) atoms. The monoisotopic (exact) mass is 307 g/mol. The summed E-state index contributed by atoms with van der Waals surface area (Å²) in [6, 6.07) is 14.5. The van der Waals surface area contributed by atoms with Crippen LogP contribution in [-0.4, -0.2) is 23.3 Å². The van der Waals surface area contributed by atoms with E-state index in [-0.39, 0.29) is 18.4 Å². The molecule has 0 atom stereocenters. The third-order valence-electron chi connectivity index (χ3n) is 3.45. The molecule has 0 bridgehead atoms. The van der Waals surface area contributed by atoms with Gasteiger partial charge in [0, 0.05) is 17.7 Å². The molecule has 0 N–H and O–H groups in total. The van der Waals surface area contributed by atoms with Gasteiger partial charge in [0.05, 0.1) is 0 Å². The summed E-state index contributed by atoms with van der Waals surface area (Å²) in [5.41, 5.74) is 3.73. The Bertz CT molecular complexity index is 704. The lowest BCUT2D eigenvalue weighted by atomic mass is 10.1. The van der Waals surface area contributed by atoms with Crippen molar-refractivity contribution in [3.8, 4) is 0 Å². The third-order valence-corrected chi connectivity index (χ3v) is 3.45. The smallest absolute Gasteiger partial charge is 0.261 e. The Morgan fingerprint density at radius 1 is 0.913 bits per heavy atom. The lowest BCUT2D eigenvalue weighted by molar-refractivity contribution is 0.0630. The van der Waals surface area contributed by atoms with Gasteiger partial charge in [0.2, 0.25) is 0 Å². The topological polar surface area (TPSA) is 37.4 Å². The van der Waals surface area contributed by atoms with Crippen molar-refractivity contribution in [3.05, 3.63) is 82.9 Å². The number of aryl methyl sites for hydroxylation is 2. The minimum Gasteiger partial charge on any atom is -0.270 e. The number of hydrogen-bond acceptors (Lipinski definition) is 2. The second kappa shape index (κ2) is 7.05. The van der Waals surface area contributed by atoms with Gasteiger partial charge in [0.25, 0.3) is 11.8 Å². The van der Waals surface area contributed by atoms with Gasteiger partial charge in [-0.25, -0.2) is 0 Å². The molecule has 3 heteroatoms. The molecule has 2 aromatic carbocycles. The third kappa shape index (κ3) is 4.16. The highest BCUT2D eigenvalue weighted by Gasteiger charge is 2.24. The van der Waals surface area contributed by atoms with Crippen LogP contribution in [0.2, 0.25) is 0 Å². The average molecular weight is 307 g/mol. The Hall–Kier alpha value is -2.68. The molecule has 0 fully saturated rings. The van der Waals surface area contributed by atoms with Gasteiger partial charge < -0.3 is 0 Å². The molecule has 0 spiro atoms. The van der Waals surface area contributed by atoms with E-state index in [1.54, 1.807) is 31.2 Å². The van der Waals surface area contributed by atoms with Gasteiger partial charge in [-0.1, -0.05) is 47.5 Å². The van der Waals surface area contributed by atoms with Crippen LogP contribution in [0, 0.1) is 13.8 Å². The summed E-state index contributed by atoms with van der Waals surface area (Å²) < 4.78 is 0. The van der Waals surface area contributed by atoms with E-state index in [9.17, 15) is 9.59 Å². The molecule has 0 heterocycles. The van der Waals surface area contributed by atoms with Crippen molar-refractivity contribution in [1.82, 2.24) is 4.90 Å². The van der Waals surface area contributed by atoms with E-state index in [0.29, 0.717) is 11.1 Å². The zero-order valence-electron chi connectivity index (χ0n) is 13.8. The highest BCUT2D eigenvalue weighted by atomic mass is 16.2. The number of benzene rings is 2. The average Bonchev–Trinajstić information content (AvgIpc) is 2.51. The van der Waals surface area contributed by atoms with E-state index >= 15 is 0 Å². The molecule has 3 nitrogen and oxygen atoms in total. The molecule has 2 rings (SSSR count). The van der Waals surface area contributed by atoms with Gasteiger partial charge in [0.1, 0.15) is 0 Å². The van der Waals surface area contributed by atoms with Crippen LogP contribution in [0.5, 0.6) is 0 Å². The first-order valence-electron chi connectivity index (χ1n) is 7.52. The van der Waals surface area contributed by atoms with Crippen molar-refractivity contribution in [2.45, 2.75) is 20.8 Å². The minimum atomic E-state index is -0.303. The lowest BCUT2D eigenvalue weighted by Crippen LogP contribution is -2.38. The van der Waals surface area contributed by atoms with Crippen molar-refractivity contribution in [2.75, 3.05) is 6.54 Å². The van der Waals surface area contributed by atoms with E-state index in [2.05, 4.69) is 6.58 Å². The molecular formula is C20H21NO2. The summed E-state index contributed by atoms with van der Waals surface area (Å²) in [4.78, 5) is 26.8. The van der Waals surface area contributed by atoms with Crippen molar-refractivity contribution in [3.63, 3.8) is 0 Å². The Balaban J connectivity index is 2.38. The molecule has 0 aliphatic carbocycles. The van der Waals surface area contributed by atoms with E-state index in [4.69, 9.17) is 0 Å². The summed E-state index contributed by atoms with van der Waals surface area (Å²) in [7, 11) is 0. The van der Waals surface area contributed by atoms with Crippen molar-refractivity contribution >= 4 is 11.8 Å². The van der Waals surface area contributed by atoms with Crippen LogP contribution >= 0.6 is 0 Å². The van der Waals surface area contributed by atoms with E-state index in [0.717, 1.165) is 16.7 Å². The van der Waals surface area contributed by atoms with Crippen LogP contribution in [0.25, 0.3) is 0 Å². The Labute approximate surface area is 137 Å². The largest absolute Gasteiger partial charge is 0.270 e. The molecule has 0 aliphatic rings. The van der Waals surface area contributed by atoms with Gasteiger partial charge in [-0.05, 0) is 45.0 Å². The van der Waals surface area contributed by atoms with Crippen LogP contribution in [0.1, 0.15) is 38.8 Å². The summed E-state index contributed by atoms with van der Waals surface area (Å²) >= 11 is 0. The van der Waals surface area contributed by atoms with Crippen LogP contribution in [0.15, 0.2) is 60.7 Å². The normalized spacial score (nSPS) is 10.2. The molecule has 0 aliphatic heterocycles. The summed E-state index contributed by atoms with van der Waals surface area (Å²) in [6.07, 6.45) is 0. The first-order valence-corrected chi connectivity index (χ1v) is 7.52. The van der Waals surface area contributed by atoms with Crippen LogP contribution in [-0.2, 0) is 0 Å². The molecule has 118 valence electrons. The first kappa shape index (κ1) is 16.7. The number of carbonyl (C=O) groups is 2. The van der Waals surface area contributed by atoms with Crippen LogP contribution in [0.3, 0.4) is 0 Å². The molecular weight excluding hydrogens is 286 g/mol. The van der Waals surface area contributed by atoms with Crippen molar-refractivity contribution < 1.29 is 9.59 Å². The Morgan fingerprint density at radius 2 is 1.35 bits per heavy atom. The Kier molecular flexibility index (Phi) is 5.12. The summed E-state index contributed by atoms with van der Waals surface area (Å²) in [5, 5.41) is 0. The highest BCUT2D eigenvalue weighted by molar-refractivity contribution is 6.10. The second-order valence-electron chi connectivity index (χ2n) is 5.89. The fraction of sp³-hybridized carbons (Fsp3) is 0.200. The maximum Gasteiger partial charge on any atom is 0.261 e. The second-order valence-corrected chi connectivity index (χ2v) is 5.89. The standard InChI is InChI=1S/C20H21NO2/c1-14(2)13-21(19(22)17-9-5-7-15(3)11-17)20(23)18-10-6-8-16(4)12-18/h5-12H,1,13H2,2-4H3. The van der Waals surface area contributed by atoms with E-state index in [1.807, 2.05) is 38.1 Å². The first-order chi connectivity index (χ1) is 10.9. The fourth-order valence-electron chi connectivity index (χ4n) is 2.37. The van der Waals surface area contributed by atoms with Crippen molar-refractivity contribution in [2.24, 2.45) is 0 Å². The van der Waals surface area contributed by atoms with Gasteiger partial charge in [-0.15, -0.1) is 0 Å². The molecule has 0 unspecified atom stereocenters. The number of imide groups is 1. The number of carbonyl (C=O) groups excluding carboxylic acids is 2. The van der Waals surface area contributed by atoms with E-state index in [1.165, 1.54) is 4.90 Å². The zero-order chi connectivity index (χ0) is 17.0. The van der Waals surface area contributed by atoms with Gasteiger partial charge in [-0.2, -0.15) is 0 Å². The molecule has 0 saturated heterocycles. The van der Waals surface area contributed by atoms with Crippen LogP contribution < -0.4 is 0 Å². The molecule has 0 radical (unpaired) electrons. The van der Waals surface area contributed by atoms with Gasteiger partial charge in [-0.3, -0.25) is 14.5 Å². The quantitative estimate of drug-likeness (QED) is 0.628. The van der Waals surface area contributed by atoms with Crippen LogP contribution in [0.4, 0.5) is 0 Å².